The summed E-state index contributed by atoms with van der Waals surface area (Å²) in [4.78, 5) is 44.3. The Morgan fingerprint density at radius 1 is 0.659 bits per heavy atom. The number of methoxy groups -OCH3 is 1. The molecule has 6 heterocycles. The van der Waals surface area contributed by atoms with Crippen LogP contribution in [-0.4, -0.2) is 142 Å². The van der Waals surface area contributed by atoms with Crippen LogP contribution in [0, 0.1) is 34.5 Å². The molecule has 1 aliphatic heterocycles. The molecule has 0 atom stereocenters. The number of nitrogens with two attached hydrogens (primary N) is 6. The van der Waals surface area contributed by atoms with Crippen LogP contribution in [0.3, 0.4) is 0 Å². The molecule has 1 fully saturated rings. The quantitative estimate of drug-likeness (QED) is 0.0143. The summed E-state index contributed by atoms with van der Waals surface area (Å²) in [6.07, 6.45) is 5.08. The van der Waals surface area contributed by atoms with Crippen LogP contribution in [0.25, 0.3) is 44.0 Å². The Labute approximate surface area is 548 Å². The number of esters is 1. The number of aromatic nitrogens is 10. The molecular weight excluding hydrogens is 1420 g/mol. The lowest BCUT2D eigenvalue weighted by molar-refractivity contribution is 0.00578. The van der Waals surface area contributed by atoms with Crippen molar-refractivity contribution in [2.75, 3.05) is 74.4 Å². The number of nitrogens with zero attached hydrogens (tertiary/aromatic N) is 7. The molecule has 1 saturated heterocycles. The van der Waals surface area contributed by atoms with Gasteiger partial charge in [-0.15, -0.1) is 12.4 Å². The number of ether oxygens (including phenoxy) is 1. The number of rotatable bonds is 13. The first kappa shape index (κ1) is 77.3. The van der Waals surface area contributed by atoms with E-state index in [4.69, 9.17) is 53.0 Å². The van der Waals surface area contributed by atoms with Gasteiger partial charge in [0, 0.05) is 64.3 Å². The number of anilines is 5. The van der Waals surface area contributed by atoms with Crippen molar-refractivity contribution in [1.29, 1.82) is 5.41 Å². The molecule has 0 radical (unpaired) electrons. The number of aliphatic hydroxyl groups is 3. The van der Waals surface area contributed by atoms with Gasteiger partial charge in [-0.05, 0) is 114 Å². The van der Waals surface area contributed by atoms with E-state index in [0.29, 0.717) is 80.7 Å². The minimum absolute atomic E-state index is 0. The molecular formula is C54H67BBr3ClF5N19O8. The number of aliphatic hydroxyl groups excluding tert-OH is 3. The number of nitrogen functional groups attached to an aromatic ring is 3. The largest absolute Gasteiger partial charge is 0.513 e. The van der Waals surface area contributed by atoms with Gasteiger partial charge in [0.2, 0.25) is 17.8 Å². The monoisotopic (exact) mass is 1490 g/mol. The summed E-state index contributed by atoms with van der Waals surface area (Å²) in [6.45, 7) is 9.98. The summed E-state index contributed by atoms with van der Waals surface area (Å²) < 4.78 is 84.8. The number of halogens is 9. The Morgan fingerprint density at radius 2 is 1.09 bits per heavy atom. The SMILES string of the molecule is CC1(C)OB(c2ccn[nH]2)OC1(C)C.COC(=O)c1c(F)cc(Br)cc1F.Cl.N=C(N)N.NCCCO.Nc1nc(NCCCO)c2c(F)cc(-c3ccn[nH]3)cc2n1.Nc1nc(NCCCO)c2c(F)cc(Br)cc2n1.Nc1nc2cc(Br)cc(F)c2c(=O)[nH]1. The van der Waals surface area contributed by atoms with Gasteiger partial charge in [0.25, 0.3) is 5.56 Å². The summed E-state index contributed by atoms with van der Waals surface area (Å²) in [7, 11) is 0.728. The number of carbonyl (C=O) groups is 1. The second-order valence-electron chi connectivity index (χ2n) is 19.4. The minimum Gasteiger partial charge on any atom is -0.465 e. The molecule has 0 amide bonds. The highest BCUT2D eigenvalue weighted by atomic mass is 79.9. The van der Waals surface area contributed by atoms with E-state index in [1.54, 1.807) is 30.6 Å². The molecule has 9 aromatic rings. The van der Waals surface area contributed by atoms with Gasteiger partial charge in [0.15, 0.2) is 5.96 Å². The first-order valence-corrected chi connectivity index (χ1v) is 28.9. The molecule has 0 spiro atoms. The number of H-pyrrole nitrogens is 3. The van der Waals surface area contributed by atoms with E-state index in [1.165, 1.54) is 24.3 Å². The lowest BCUT2D eigenvalue weighted by Gasteiger charge is -2.32. The van der Waals surface area contributed by atoms with Crippen molar-refractivity contribution < 1.29 is 56.1 Å². The fraction of sp³-hybridized carbons (Fsp3) is 0.296. The molecule has 91 heavy (non-hydrogen) atoms. The van der Waals surface area contributed by atoms with Crippen LogP contribution >= 0.6 is 60.2 Å². The Kier molecular flexibility index (Phi) is 31.3. The number of aromatic amines is 3. The predicted molar refractivity (Wildman–Crippen MR) is 352 cm³/mol. The highest BCUT2D eigenvalue weighted by molar-refractivity contribution is 9.11. The Morgan fingerprint density at radius 3 is 1.52 bits per heavy atom. The number of hydrogen-bond donors (Lipinski definition) is 15. The van der Waals surface area contributed by atoms with Gasteiger partial charge in [-0.3, -0.25) is 25.4 Å². The summed E-state index contributed by atoms with van der Waals surface area (Å²) in [5.74, 6) is -3.98. The third-order valence-corrected chi connectivity index (χ3v) is 13.5. The zero-order valence-electron chi connectivity index (χ0n) is 49.3. The Bertz CT molecular complexity index is 3840. The van der Waals surface area contributed by atoms with E-state index >= 15 is 0 Å². The molecule has 0 bridgehead atoms. The molecule has 37 heteroatoms. The van der Waals surface area contributed by atoms with Gasteiger partial charge >= 0.3 is 13.1 Å². The van der Waals surface area contributed by atoms with Crippen molar-refractivity contribution in [3.05, 3.63) is 131 Å². The van der Waals surface area contributed by atoms with Crippen LogP contribution in [0.15, 0.2) is 91.3 Å². The number of carbonyl (C=O) groups excluding carboxylic acids is 1. The molecule has 5 aromatic heterocycles. The molecule has 10 rings (SSSR count). The van der Waals surface area contributed by atoms with Gasteiger partial charge in [0.05, 0.1) is 56.9 Å². The van der Waals surface area contributed by atoms with Crippen molar-refractivity contribution in [2.45, 2.75) is 58.2 Å². The van der Waals surface area contributed by atoms with E-state index in [0.717, 1.165) is 31.3 Å². The van der Waals surface area contributed by atoms with Crippen molar-refractivity contribution >= 4 is 147 Å². The lowest BCUT2D eigenvalue weighted by Crippen LogP contribution is -2.41. The van der Waals surface area contributed by atoms with Crippen LogP contribution in [-0.2, 0) is 14.0 Å². The average molecular weight is 1490 g/mol. The predicted octanol–water partition coefficient (Wildman–Crippen LogP) is 6.66. The fourth-order valence-corrected chi connectivity index (χ4v) is 8.58. The highest BCUT2D eigenvalue weighted by Gasteiger charge is 2.52. The molecule has 0 unspecified atom stereocenters. The molecule has 1 aliphatic rings. The first-order chi connectivity index (χ1) is 42.5. The van der Waals surface area contributed by atoms with E-state index in [1.807, 2.05) is 33.8 Å². The molecule has 0 saturated carbocycles. The average Bonchev–Trinajstić information content (AvgIpc) is 1.89. The summed E-state index contributed by atoms with van der Waals surface area (Å²) in [5.41, 5.74) is 31.9. The van der Waals surface area contributed by atoms with E-state index in [9.17, 15) is 31.5 Å². The van der Waals surface area contributed by atoms with Crippen LogP contribution < -0.4 is 56.2 Å². The highest BCUT2D eigenvalue weighted by Crippen LogP contribution is 2.36. The molecule has 21 N–H and O–H groups in total. The van der Waals surface area contributed by atoms with Crippen molar-refractivity contribution in [3.63, 3.8) is 0 Å². The zero-order valence-corrected chi connectivity index (χ0v) is 54.9. The smallest absolute Gasteiger partial charge is 0.465 e. The zero-order chi connectivity index (χ0) is 67.0. The topological polar surface area (TPSA) is 464 Å². The first-order valence-electron chi connectivity index (χ1n) is 26.5. The number of nitrogens with one attached hydrogen (secondary N) is 6. The van der Waals surface area contributed by atoms with Crippen molar-refractivity contribution in [1.82, 2.24) is 50.3 Å². The van der Waals surface area contributed by atoms with Crippen molar-refractivity contribution in [2.24, 2.45) is 17.2 Å². The number of fused-ring (bicyclic) bond motifs is 3. The summed E-state index contributed by atoms with van der Waals surface area (Å²) >= 11 is 9.19. The summed E-state index contributed by atoms with van der Waals surface area (Å²) in [6, 6.07) is 14.5. The van der Waals surface area contributed by atoms with Gasteiger partial charge < -0.3 is 74.4 Å². The maximum atomic E-state index is 14.5. The van der Waals surface area contributed by atoms with Crippen LogP contribution in [0.4, 0.5) is 51.4 Å². The standard InChI is InChI=1S/C14H15FN6O.C11H12BrFN4O.C9H15BN2O2.C8H5BrF2O2.C8H5BrFN3O.C3H9NO.CH5N3.ClH/c15-9-6-8(10-2-4-18-21-10)7-11-12(9)13(17-3-1-5-22)20-14(16)19-11;12-6-4-7(13)9-8(5-6)16-11(14)17-10(9)15-2-1-3-18;1-8(2)9(3,4)14-10(13-8)7-5-6-11-12-7;1-13-8(12)7-5(10)2-4(9)3-6(7)11;9-3-1-4(10)6-5(2-3)12-8(11)13-7(6)14;4-2-1-3-5;2-1(3)4;/h2,4,6-7,22H,1,3,5H2,(H,18,21)(H3,16,17,19,20);4-5,18H,1-3H2,(H3,14,15,16,17);5-6H,1-4H3,(H,11,12);2-3H,1H3;1-2H,(H3,11,12,13,14);5H,1-4H2;(H5,2,3,4);1H. The fourth-order valence-electron chi connectivity index (χ4n) is 7.34. The van der Waals surface area contributed by atoms with Crippen LogP contribution in [0.1, 0.15) is 57.3 Å². The minimum atomic E-state index is -1.03. The molecule has 492 valence electrons. The second kappa shape index (κ2) is 36.8. The third-order valence-electron chi connectivity index (χ3n) is 12.1. The number of benzene rings is 4. The molecule has 0 aliphatic carbocycles. The van der Waals surface area contributed by atoms with Gasteiger partial charge in [-0.25, -0.2) is 41.7 Å². The second-order valence-corrected chi connectivity index (χ2v) is 22.1. The Hall–Kier alpha value is -7.94. The van der Waals surface area contributed by atoms with E-state index in [2.05, 4.69) is 125 Å². The summed E-state index contributed by atoms with van der Waals surface area (Å²) in [5, 5.41) is 51.4. The van der Waals surface area contributed by atoms with Crippen molar-refractivity contribution in [3.8, 4) is 11.3 Å². The van der Waals surface area contributed by atoms with E-state index in [-0.39, 0.29) is 95.1 Å². The van der Waals surface area contributed by atoms with Crippen LogP contribution in [0.5, 0.6) is 0 Å². The molecule has 4 aromatic carbocycles. The lowest BCUT2D eigenvalue weighted by atomic mass is 9.85. The maximum Gasteiger partial charge on any atom is 0.513 e. The molecule has 27 nitrogen and oxygen atoms in total. The van der Waals surface area contributed by atoms with Gasteiger partial charge in [0.1, 0.15) is 51.7 Å². The maximum absolute atomic E-state index is 14.5. The third kappa shape index (κ3) is 23.1. The number of guanidine groups is 1. The van der Waals surface area contributed by atoms with Gasteiger partial charge in [-0.2, -0.15) is 20.2 Å². The Balaban J connectivity index is 0.000000290. The van der Waals surface area contributed by atoms with E-state index < -0.39 is 46.2 Å². The van der Waals surface area contributed by atoms with Crippen LogP contribution in [0.2, 0.25) is 0 Å². The normalized spacial score (nSPS) is 12.3. The number of hydrogen-bond acceptors (Lipinski definition) is 22. The van der Waals surface area contributed by atoms with Gasteiger partial charge in [-0.1, -0.05) is 47.8 Å².